The lowest BCUT2D eigenvalue weighted by atomic mass is 9.97. The number of furan rings is 1. The first-order valence-electron chi connectivity index (χ1n) is 4.98. The number of hydrogen-bond acceptors (Lipinski definition) is 4. The monoisotopic (exact) mass is 303 g/mol. The highest BCUT2D eigenvalue weighted by Crippen LogP contribution is 2.16. The van der Waals surface area contributed by atoms with Gasteiger partial charge < -0.3 is 20.7 Å². The van der Waals surface area contributed by atoms with Crippen LogP contribution in [0.15, 0.2) is 26.4 Å². The standard InChI is InChI=1S/C10H14BrN3O3/c1-3-10(2,9(12)14-16)13-8(15)6-4-5-7(11)17-6/h4-5,16H,3H2,1-2H3,(H2,12,14)(H,13,15). The summed E-state index contributed by atoms with van der Waals surface area (Å²) in [7, 11) is 0. The highest BCUT2D eigenvalue weighted by atomic mass is 79.9. The summed E-state index contributed by atoms with van der Waals surface area (Å²) >= 11 is 3.10. The molecule has 0 saturated heterocycles. The van der Waals surface area contributed by atoms with Crippen LogP contribution in [0.5, 0.6) is 0 Å². The van der Waals surface area contributed by atoms with Crippen molar-refractivity contribution in [2.24, 2.45) is 10.9 Å². The van der Waals surface area contributed by atoms with Crippen molar-refractivity contribution in [3.05, 3.63) is 22.6 Å². The largest absolute Gasteiger partial charge is 0.444 e. The SMILES string of the molecule is CCC(C)(NC(=O)c1ccc(Br)o1)/C(N)=N/O. The van der Waals surface area contributed by atoms with Crippen LogP contribution in [0.25, 0.3) is 0 Å². The van der Waals surface area contributed by atoms with E-state index >= 15 is 0 Å². The quantitative estimate of drug-likeness (QED) is 0.341. The van der Waals surface area contributed by atoms with Gasteiger partial charge in [-0.25, -0.2) is 0 Å². The van der Waals surface area contributed by atoms with Crippen LogP contribution in [0.3, 0.4) is 0 Å². The van der Waals surface area contributed by atoms with Crippen molar-refractivity contribution in [1.82, 2.24) is 5.32 Å². The minimum Gasteiger partial charge on any atom is -0.444 e. The van der Waals surface area contributed by atoms with Gasteiger partial charge in [-0.1, -0.05) is 12.1 Å². The number of hydrogen-bond donors (Lipinski definition) is 3. The average molecular weight is 304 g/mol. The molecular formula is C10H14BrN3O3. The van der Waals surface area contributed by atoms with Crippen LogP contribution in [0.2, 0.25) is 0 Å². The molecule has 0 aliphatic rings. The number of amides is 1. The summed E-state index contributed by atoms with van der Waals surface area (Å²) in [4.78, 5) is 11.8. The van der Waals surface area contributed by atoms with Crippen LogP contribution in [-0.4, -0.2) is 22.5 Å². The topological polar surface area (TPSA) is 101 Å². The maximum Gasteiger partial charge on any atom is 0.287 e. The van der Waals surface area contributed by atoms with Gasteiger partial charge in [-0.05, 0) is 41.4 Å². The molecule has 4 N–H and O–H groups in total. The van der Waals surface area contributed by atoms with E-state index in [1.807, 2.05) is 6.92 Å². The molecule has 0 saturated carbocycles. The molecule has 0 aromatic carbocycles. The number of nitrogens with one attached hydrogen (secondary N) is 1. The normalized spacial score (nSPS) is 15.4. The van der Waals surface area contributed by atoms with Crippen LogP contribution in [0.4, 0.5) is 0 Å². The Morgan fingerprint density at radius 2 is 2.35 bits per heavy atom. The van der Waals surface area contributed by atoms with Gasteiger partial charge in [0.15, 0.2) is 16.3 Å². The van der Waals surface area contributed by atoms with E-state index < -0.39 is 11.4 Å². The molecule has 17 heavy (non-hydrogen) atoms. The summed E-state index contributed by atoms with van der Waals surface area (Å²) in [5.74, 6) is -0.326. The van der Waals surface area contributed by atoms with E-state index in [9.17, 15) is 4.79 Å². The Bertz CT molecular complexity index is 444. The molecule has 1 aromatic heterocycles. The van der Waals surface area contributed by atoms with E-state index in [1.165, 1.54) is 6.07 Å². The second kappa shape index (κ2) is 5.22. The van der Waals surface area contributed by atoms with Gasteiger partial charge in [0, 0.05) is 0 Å². The zero-order valence-corrected chi connectivity index (χ0v) is 11.1. The molecule has 1 amide bonds. The molecule has 6 nitrogen and oxygen atoms in total. The summed E-state index contributed by atoms with van der Waals surface area (Å²) in [6, 6.07) is 3.14. The molecule has 1 heterocycles. The predicted octanol–water partition coefficient (Wildman–Crippen LogP) is 1.69. The van der Waals surface area contributed by atoms with E-state index in [-0.39, 0.29) is 11.6 Å². The predicted molar refractivity (Wildman–Crippen MR) is 66.0 cm³/mol. The summed E-state index contributed by atoms with van der Waals surface area (Å²) in [5, 5.41) is 14.2. The molecule has 0 aliphatic heterocycles. The minimum atomic E-state index is -0.912. The van der Waals surface area contributed by atoms with Crippen molar-refractivity contribution in [3.8, 4) is 0 Å². The summed E-state index contributed by atoms with van der Waals surface area (Å²) in [6.45, 7) is 3.48. The highest BCUT2D eigenvalue weighted by Gasteiger charge is 2.30. The molecule has 0 bridgehead atoms. The molecule has 1 rings (SSSR count). The second-order valence-corrected chi connectivity index (χ2v) is 4.51. The first-order valence-corrected chi connectivity index (χ1v) is 5.78. The maximum absolute atomic E-state index is 11.8. The van der Waals surface area contributed by atoms with E-state index in [2.05, 4.69) is 26.4 Å². The zero-order valence-electron chi connectivity index (χ0n) is 9.53. The number of nitrogens with two attached hydrogens (primary N) is 1. The average Bonchev–Trinajstić information content (AvgIpc) is 2.74. The number of carbonyl (C=O) groups excluding carboxylic acids is 1. The Morgan fingerprint density at radius 3 is 2.76 bits per heavy atom. The second-order valence-electron chi connectivity index (χ2n) is 3.73. The lowest BCUT2D eigenvalue weighted by molar-refractivity contribution is 0.0895. The highest BCUT2D eigenvalue weighted by molar-refractivity contribution is 9.10. The molecule has 0 aliphatic carbocycles. The van der Waals surface area contributed by atoms with Gasteiger partial charge in [0.05, 0.1) is 5.54 Å². The third-order valence-corrected chi connectivity index (χ3v) is 2.99. The summed E-state index contributed by atoms with van der Waals surface area (Å²) < 4.78 is 5.57. The number of halogens is 1. The van der Waals surface area contributed by atoms with Crippen molar-refractivity contribution in [1.29, 1.82) is 0 Å². The lowest BCUT2D eigenvalue weighted by Gasteiger charge is -2.27. The molecule has 1 atom stereocenters. The fourth-order valence-corrected chi connectivity index (χ4v) is 1.50. The van der Waals surface area contributed by atoms with E-state index in [4.69, 9.17) is 15.4 Å². The van der Waals surface area contributed by atoms with Crippen molar-refractivity contribution in [2.75, 3.05) is 0 Å². The third kappa shape index (κ3) is 3.00. The Balaban J connectivity index is 2.86. The van der Waals surface area contributed by atoms with Gasteiger partial charge in [-0.3, -0.25) is 4.79 Å². The van der Waals surface area contributed by atoms with Gasteiger partial charge in [0.1, 0.15) is 0 Å². The smallest absolute Gasteiger partial charge is 0.287 e. The molecule has 0 fully saturated rings. The lowest BCUT2D eigenvalue weighted by Crippen LogP contribution is -2.55. The number of nitrogens with zero attached hydrogens (tertiary/aromatic N) is 1. The Hall–Kier alpha value is -1.50. The molecule has 94 valence electrons. The van der Waals surface area contributed by atoms with Crippen molar-refractivity contribution >= 4 is 27.7 Å². The Labute approximate surface area is 107 Å². The Kier molecular flexibility index (Phi) is 4.17. The molecule has 7 heteroatoms. The van der Waals surface area contributed by atoms with Crippen LogP contribution in [0, 0.1) is 0 Å². The fraction of sp³-hybridized carbons (Fsp3) is 0.400. The number of rotatable bonds is 4. The molecular weight excluding hydrogens is 290 g/mol. The molecule has 0 radical (unpaired) electrons. The van der Waals surface area contributed by atoms with Gasteiger partial charge in [0.2, 0.25) is 0 Å². The van der Waals surface area contributed by atoms with Crippen LogP contribution in [0.1, 0.15) is 30.8 Å². The minimum absolute atomic E-state index is 0.0565. The number of carbonyl (C=O) groups is 1. The van der Waals surface area contributed by atoms with Crippen molar-refractivity contribution in [2.45, 2.75) is 25.8 Å². The number of oxime groups is 1. The van der Waals surface area contributed by atoms with Crippen LogP contribution in [-0.2, 0) is 0 Å². The molecule has 1 aromatic rings. The molecule has 0 spiro atoms. The van der Waals surface area contributed by atoms with Gasteiger partial charge in [-0.15, -0.1) is 0 Å². The van der Waals surface area contributed by atoms with Gasteiger partial charge in [-0.2, -0.15) is 0 Å². The van der Waals surface area contributed by atoms with Gasteiger partial charge in [0.25, 0.3) is 5.91 Å². The maximum atomic E-state index is 11.8. The third-order valence-electron chi connectivity index (χ3n) is 2.57. The van der Waals surface area contributed by atoms with E-state index in [1.54, 1.807) is 13.0 Å². The first-order chi connectivity index (χ1) is 7.92. The Morgan fingerprint density at radius 1 is 1.71 bits per heavy atom. The van der Waals surface area contributed by atoms with E-state index in [0.29, 0.717) is 11.1 Å². The van der Waals surface area contributed by atoms with E-state index in [0.717, 1.165) is 0 Å². The fourth-order valence-electron chi connectivity index (χ4n) is 1.19. The summed E-state index contributed by atoms with van der Waals surface area (Å²) in [6.07, 6.45) is 0.483. The van der Waals surface area contributed by atoms with Crippen molar-refractivity contribution in [3.63, 3.8) is 0 Å². The first kappa shape index (κ1) is 13.6. The van der Waals surface area contributed by atoms with Gasteiger partial charge >= 0.3 is 0 Å². The zero-order chi connectivity index (χ0) is 13.1. The summed E-state index contributed by atoms with van der Waals surface area (Å²) in [5.41, 5.74) is 4.63. The molecule has 1 unspecified atom stereocenters. The number of amidine groups is 1. The van der Waals surface area contributed by atoms with Crippen molar-refractivity contribution < 1.29 is 14.4 Å². The van der Waals surface area contributed by atoms with Crippen LogP contribution >= 0.6 is 15.9 Å². The van der Waals surface area contributed by atoms with Crippen LogP contribution < -0.4 is 11.1 Å².